The summed E-state index contributed by atoms with van der Waals surface area (Å²) in [4.78, 5) is 20.3. The van der Waals surface area contributed by atoms with Crippen molar-refractivity contribution in [2.45, 2.75) is 25.3 Å². The van der Waals surface area contributed by atoms with Gasteiger partial charge in [0.15, 0.2) is 0 Å². The predicted octanol–water partition coefficient (Wildman–Crippen LogP) is 1.04. The number of hydrogen-bond acceptors (Lipinski definition) is 5. The van der Waals surface area contributed by atoms with Crippen LogP contribution in [0, 0.1) is 0 Å². The third-order valence-electron chi connectivity index (χ3n) is 2.54. The number of carbonyl (C=O) groups is 2. The molecule has 0 radical (unpaired) electrons. The Morgan fingerprint density at radius 3 is 2.35 bits per heavy atom. The van der Waals surface area contributed by atoms with Crippen molar-refractivity contribution in [3.05, 3.63) is 29.8 Å². The third kappa shape index (κ3) is 8.23. The molecule has 6 heteroatoms. The van der Waals surface area contributed by atoms with E-state index < -0.39 is 12.0 Å². The van der Waals surface area contributed by atoms with Gasteiger partial charge in [-0.3, -0.25) is 9.59 Å². The fraction of sp³-hybridized carbons (Fsp3) is 0.429. The Morgan fingerprint density at radius 2 is 1.95 bits per heavy atom. The predicted molar refractivity (Wildman–Crippen MR) is 76.9 cm³/mol. The van der Waals surface area contributed by atoms with Gasteiger partial charge in [0.25, 0.3) is 0 Å². The number of benzene rings is 1. The van der Waals surface area contributed by atoms with Crippen molar-refractivity contribution in [2.24, 2.45) is 11.5 Å². The summed E-state index contributed by atoms with van der Waals surface area (Å²) in [5, 5.41) is 8.33. The molecular formula is C14H22N2O4. The molecule has 1 atom stereocenters. The van der Waals surface area contributed by atoms with Crippen LogP contribution in [0.25, 0.3) is 0 Å². The minimum absolute atomic E-state index is 0.520. The largest absolute Gasteiger partial charge is 0.497 e. The first kappa shape index (κ1) is 18.1. The lowest BCUT2D eigenvalue weighted by atomic mass is 10.1. The average molecular weight is 282 g/mol. The van der Waals surface area contributed by atoms with Crippen LogP contribution < -0.4 is 16.2 Å². The van der Waals surface area contributed by atoms with E-state index in [2.05, 4.69) is 0 Å². The maximum atomic E-state index is 10.2. The Morgan fingerprint density at radius 1 is 1.35 bits per heavy atom. The molecule has 1 unspecified atom stereocenters. The van der Waals surface area contributed by atoms with Gasteiger partial charge in [-0.2, -0.15) is 0 Å². The van der Waals surface area contributed by atoms with Gasteiger partial charge in [-0.15, -0.1) is 0 Å². The van der Waals surface area contributed by atoms with E-state index in [4.69, 9.17) is 21.3 Å². The SMILES string of the molecule is COc1ccc(C=O)cc1.NCCCCC(N)C(=O)O. The fourth-order valence-electron chi connectivity index (χ4n) is 1.31. The summed E-state index contributed by atoms with van der Waals surface area (Å²) in [7, 11) is 1.59. The molecule has 0 spiro atoms. The molecule has 0 aliphatic rings. The molecule has 6 nitrogen and oxygen atoms in total. The topological polar surface area (TPSA) is 116 Å². The van der Waals surface area contributed by atoms with E-state index in [0.717, 1.165) is 24.9 Å². The zero-order valence-electron chi connectivity index (χ0n) is 11.6. The average Bonchev–Trinajstić information content (AvgIpc) is 2.48. The van der Waals surface area contributed by atoms with Gasteiger partial charge in [-0.25, -0.2) is 0 Å². The first-order valence-corrected chi connectivity index (χ1v) is 6.32. The Kier molecular flexibility index (Phi) is 9.90. The van der Waals surface area contributed by atoms with Gasteiger partial charge < -0.3 is 21.3 Å². The van der Waals surface area contributed by atoms with Crippen LogP contribution in [-0.4, -0.2) is 37.1 Å². The van der Waals surface area contributed by atoms with Gasteiger partial charge in [0.1, 0.15) is 18.1 Å². The van der Waals surface area contributed by atoms with Crippen molar-refractivity contribution < 1.29 is 19.4 Å². The second-order valence-electron chi connectivity index (χ2n) is 4.12. The summed E-state index contributed by atoms with van der Waals surface area (Å²) in [6.45, 7) is 0.604. The summed E-state index contributed by atoms with van der Waals surface area (Å²) in [5.74, 6) is -0.164. The minimum atomic E-state index is -0.933. The van der Waals surface area contributed by atoms with E-state index in [-0.39, 0.29) is 0 Å². The lowest BCUT2D eigenvalue weighted by molar-refractivity contribution is -0.138. The van der Waals surface area contributed by atoms with Crippen LogP contribution in [0.15, 0.2) is 24.3 Å². The van der Waals surface area contributed by atoms with Crippen molar-refractivity contribution >= 4 is 12.3 Å². The number of hydrogen-bond donors (Lipinski definition) is 3. The van der Waals surface area contributed by atoms with Crippen LogP contribution in [0.1, 0.15) is 29.6 Å². The Labute approximate surface area is 118 Å². The molecule has 0 saturated heterocycles. The molecule has 0 heterocycles. The number of nitrogens with two attached hydrogens (primary N) is 2. The van der Waals surface area contributed by atoms with Gasteiger partial charge in [0.2, 0.25) is 0 Å². The third-order valence-corrected chi connectivity index (χ3v) is 2.54. The van der Waals surface area contributed by atoms with Crippen LogP contribution in [0.3, 0.4) is 0 Å². The molecule has 0 aliphatic heterocycles. The van der Waals surface area contributed by atoms with Crippen molar-refractivity contribution in [1.29, 1.82) is 0 Å². The standard InChI is InChI=1S/C8H8O2.C6H14N2O2/c1-10-8-4-2-7(6-9)3-5-8;7-4-2-1-3-5(8)6(9)10/h2-6H,1H3;5H,1-4,7-8H2,(H,9,10). The first-order valence-electron chi connectivity index (χ1n) is 6.32. The van der Waals surface area contributed by atoms with Crippen molar-refractivity contribution in [2.75, 3.05) is 13.7 Å². The molecule has 112 valence electrons. The number of carboxylic acids is 1. The van der Waals surface area contributed by atoms with E-state index in [9.17, 15) is 9.59 Å². The molecule has 20 heavy (non-hydrogen) atoms. The fourth-order valence-corrected chi connectivity index (χ4v) is 1.31. The maximum Gasteiger partial charge on any atom is 0.320 e. The normalized spacial score (nSPS) is 10.9. The smallest absolute Gasteiger partial charge is 0.320 e. The number of aldehydes is 1. The number of rotatable bonds is 7. The van der Waals surface area contributed by atoms with Crippen molar-refractivity contribution in [1.82, 2.24) is 0 Å². The molecule has 1 rings (SSSR count). The molecule has 0 bridgehead atoms. The molecule has 0 fully saturated rings. The van der Waals surface area contributed by atoms with Gasteiger partial charge >= 0.3 is 5.97 Å². The maximum absolute atomic E-state index is 10.2. The Balaban J connectivity index is 0.000000361. The van der Waals surface area contributed by atoms with Gasteiger partial charge in [-0.05, 0) is 43.7 Å². The number of unbranched alkanes of at least 4 members (excludes halogenated alkanes) is 1. The quantitative estimate of drug-likeness (QED) is 0.508. The second kappa shape index (κ2) is 11.0. The molecule has 0 amide bonds. The summed E-state index contributed by atoms with van der Waals surface area (Å²) < 4.78 is 4.90. The van der Waals surface area contributed by atoms with E-state index in [0.29, 0.717) is 18.5 Å². The van der Waals surface area contributed by atoms with Crippen LogP contribution in [0.2, 0.25) is 0 Å². The molecule has 0 saturated carbocycles. The molecule has 5 N–H and O–H groups in total. The van der Waals surface area contributed by atoms with E-state index in [1.54, 1.807) is 31.4 Å². The molecular weight excluding hydrogens is 260 g/mol. The zero-order valence-corrected chi connectivity index (χ0v) is 11.6. The highest BCUT2D eigenvalue weighted by molar-refractivity contribution is 5.74. The van der Waals surface area contributed by atoms with E-state index >= 15 is 0 Å². The Hall–Kier alpha value is -1.92. The zero-order chi connectivity index (χ0) is 15.4. The van der Waals surface area contributed by atoms with Gasteiger partial charge in [-0.1, -0.05) is 6.42 Å². The van der Waals surface area contributed by atoms with Crippen LogP contribution in [0.4, 0.5) is 0 Å². The molecule has 1 aromatic rings. The number of ether oxygens (including phenoxy) is 1. The van der Waals surface area contributed by atoms with E-state index in [1.165, 1.54) is 0 Å². The van der Waals surface area contributed by atoms with Crippen molar-refractivity contribution in [3.8, 4) is 5.75 Å². The van der Waals surface area contributed by atoms with Crippen molar-refractivity contribution in [3.63, 3.8) is 0 Å². The van der Waals surface area contributed by atoms with Crippen LogP contribution >= 0.6 is 0 Å². The summed E-state index contributed by atoms with van der Waals surface area (Å²) >= 11 is 0. The molecule has 0 aromatic heterocycles. The summed E-state index contributed by atoms with van der Waals surface area (Å²) in [6.07, 6.45) is 2.97. The minimum Gasteiger partial charge on any atom is -0.497 e. The summed E-state index contributed by atoms with van der Waals surface area (Å²) in [5.41, 5.74) is 11.1. The number of carboxylic acid groups (broad SMARTS) is 1. The Bertz CT molecular complexity index is 393. The molecule has 0 aliphatic carbocycles. The highest BCUT2D eigenvalue weighted by Crippen LogP contribution is 2.09. The lowest BCUT2D eigenvalue weighted by Gasteiger charge is -2.03. The lowest BCUT2D eigenvalue weighted by Crippen LogP contribution is -2.29. The van der Waals surface area contributed by atoms with E-state index in [1.807, 2.05) is 0 Å². The molecule has 1 aromatic carbocycles. The number of aliphatic carboxylic acids is 1. The monoisotopic (exact) mass is 282 g/mol. The number of carbonyl (C=O) groups excluding carboxylic acids is 1. The second-order valence-corrected chi connectivity index (χ2v) is 4.12. The number of methoxy groups -OCH3 is 1. The van der Waals surface area contributed by atoms with Gasteiger partial charge in [0, 0.05) is 5.56 Å². The highest BCUT2D eigenvalue weighted by atomic mass is 16.5. The van der Waals surface area contributed by atoms with Gasteiger partial charge in [0.05, 0.1) is 7.11 Å². The first-order chi connectivity index (χ1) is 9.54. The van der Waals surface area contributed by atoms with Crippen LogP contribution in [-0.2, 0) is 4.79 Å². The van der Waals surface area contributed by atoms with Crippen LogP contribution in [0.5, 0.6) is 5.75 Å². The summed E-state index contributed by atoms with van der Waals surface area (Å²) in [6, 6.07) is 6.22. The highest BCUT2D eigenvalue weighted by Gasteiger charge is 2.09.